The van der Waals surface area contributed by atoms with Crippen LogP contribution in [0.1, 0.15) is 66.2 Å². The van der Waals surface area contributed by atoms with Crippen molar-refractivity contribution in [3.05, 3.63) is 0 Å². The normalized spacial score (nSPS) is 14.6. The minimum absolute atomic E-state index is 0.106. The van der Waals surface area contributed by atoms with Crippen molar-refractivity contribution >= 4 is 5.91 Å². The van der Waals surface area contributed by atoms with Crippen LogP contribution in [0.2, 0.25) is 0 Å². The highest BCUT2D eigenvalue weighted by atomic mass is 16.2. The second kappa shape index (κ2) is 9.37. The molecule has 0 aromatic heterocycles. The van der Waals surface area contributed by atoms with E-state index in [1.165, 1.54) is 25.7 Å². The Hall–Kier alpha value is -0.570. The van der Waals surface area contributed by atoms with Crippen LogP contribution in [0.4, 0.5) is 0 Å². The van der Waals surface area contributed by atoms with Crippen molar-refractivity contribution in [2.45, 2.75) is 66.2 Å². The van der Waals surface area contributed by atoms with Gasteiger partial charge in [0.15, 0.2) is 0 Å². The van der Waals surface area contributed by atoms with Gasteiger partial charge in [-0.2, -0.15) is 0 Å². The van der Waals surface area contributed by atoms with E-state index in [1.807, 2.05) is 13.8 Å². The summed E-state index contributed by atoms with van der Waals surface area (Å²) in [7, 11) is 0. The van der Waals surface area contributed by atoms with E-state index in [1.54, 1.807) is 0 Å². The molecule has 0 aromatic rings. The summed E-state index contributed by atoms with van der Waals surface area (Å²) < 4.78 is 0. The van der Waals surface area contributed by atoms with Gasteiger partial charge in [0.25, 0.3) is 0 Å². The van der Waals surface area contributed by atoms with Gasteiger partial charge in [0.1, 0.15) is 0 Å². The van der Waals surface area contributed by atoms with Gasteiger partial charge in [-0.1, -0.05) is 46.5 Å². The van der Waals surface area contributed by atoms with E-state index in [0.717, 1.165) is 25.3 Å². The number of nitrogens with two attached hydrogens (primary N) is 1. The summed E-state index contributed by atoms with van der Waals surface area (Å²) >= 11 is 0. The maximum absolute atomic E-state index is 11.9. The molecule has 0 saturated carbocycles. The predicted octanol–water partition coefficient (Wildman–Crippen LogP) is 3.08. The number of unbranched alkanes of at least 4 members (excludes halogenated alkanes) is 3. The fourth-order valence-electron chi connectivity index (χ4n) is 1.84. The van der Waals surface area contributed by atoms with Crippen molar-refractivity contribution in [1.29, 1.82) is 0 Å². The van der Waals surface area contributed by atoms with Gasteiger partial charge in [-0.25, -0.2) is 0 Å². The Bertz CT molecular complexity index is 223. The summed E-state index contributed by atoms with van der Waals surface area (Å²) in [5, 5.41) is 3.01. The Balaban J connectivity index is 3.57. The number of carbonyl (C=O) groups excluding carboxylic acids is 1. The number of amides is 1. The quantitative estimate of drug-likeness (QED) is 0.590. The molecule has 0 heterocycles. The Morgan fingerprint density at radius 3 is 2.33 bits per heavy atom. The number of hydrogen-bond acceptors (Lipinski definition) is 2. The zero-order valence-corrected chi connectivity index (χ0v) is 12.7. The number of nitrogens with one attached hydrogen (secondary N) is 1. The first kappa shape index (κ1) is 17.4. The zero-order chi connectivity index (χ0) is 14.0. The van der Waals surface area contributed by atoms with Crippen LogP contribution >= 0.6 is 0 Å². The number of hydrogen-bond donors (Lipinski definition) is 2. The highest BCUT2D eigenvalue weighted by Crippen LogP contribution is 2.19. The summed E-state index contributed by atoms with van der Waals surface area (Å²) in [5.74, 6) is 0.911. The van der Waals surface area contributed by atoms with Gasteiger partial charge in [0.05, 0.1) is 5.41 Å². The molecule has 3 nitrogen and oxygen atoms in total. The Labute approximate surface area is 113 Å². The van der Waals surface area contributed by atoms with Crippen LogP contribution < -0.4 is 11.1 Å². The molecule has 18 heavy (non-hydrogen) atoms. The molecular formula is C15H32N2O. The molecule has 0 spiro atoms. The van der Waals surface area contributed by atoms with Crippen molar-refractivity contribution in [2.24, 2.45) is 17.1 Å². The Morgan fingerprint density at radius 2 is 1.83 bits per heavy atom. The minimum Gasteiger partial charge on any atom is -0.356 e. The smallest absolute Gasteiger partial charge is 0.227 e. The maximum Gasteiger partial charge on any atom is 0.227 e. The summed E-state index contributed by atoms with van der Waals surface area (Å²) in [5.41, 5.74) is 5.26. The first-order valence-electron chi connectivity index (χ1n) is 7.44. The number of rotatable bonds is 10. The van der Waals surface area contributed by atoms with E-state index in [9.17, 15) is 4.79 Å². The average molecular weight is 256 g/mol. The standard InChI is InChI=1S/C15H32N2O/c1-5-15(4,12-16)14(18)17-11-9-7-6-8-10-13(2)3/h13H,5-12,16H2,1-4H3,(H,17,18). The third-order valence-corrected chi connectivity index (χ3v) is 3.77. The van der Waals surface area contributed by atoms with E-state index in [-0.39, 0.29) is 5.91 Å². The molecule has 0 aliphatic carbocycles. The van der Waals surface area contributed by atoms with Gasteiger partial charge in [-0.05, 0) is 25.7 Å². The first-order valence-corrected chi connectivity index (χ1v) is 7.44. The third-order valence-electron chi connectivity index (χ3n) is 3.77. The molecule has 3 heteroatoms. The molecule has 1 atom stereocenters. The highest BCUT2D eigenvalue weighted by Gasteiger charge is 2.28. The van der Waals surface area contributed by atoms with Crippen molar-refractivity contribution < 1.29 is 4.79 Å². The van der Waals surface area contributed by atoms with Crippen LogP contribution in [0, 0.1) is 11.3 Å². The van der Waals surface area contributed by atoms with E-state index in [4.69, 9.17) is 5.73 Å². The van der Waals surface area contributed by atoms with E-state index in [2.05, 4.69) is 19.2 Å². The Kier molecular flexibility index (Phi) is 9.08. The van der Waals surface area contributed by atoms with Gasteiger partial charge in [-0.3, -0.25) is 4.79 Å². The van der Waals surface area contributed by atoms with E-state index >= 15 is 0 Å². The SMILES string of the molecule is CCC(C)(CN)C(=O)NCCCCCCC(C)C. The largest absolute Gasteiger partial charge is 0.356 e. The van der Waals surface area contributed by atoms with Gasteiger partial charge in [0.2, 0.25) is 5.91 Å². The van der Waals surface area contributed by atoms with Crippen molar-refractivity contribution in [3.63, 3.8) is 0 Å². The molecule has 0 aromatic carbocycles. The van der Waals surface area contributed by atoms with Crippen LogP contribution in [0.25, 0.3) is 0 Å². The van der Waals surface area contributed by atoms with Crippen molar-refractivity contribution in [1.82, 2.24) is 5.32 Å². The summed E-state index contributed by atoms with van der Waals surface area (Å²) in [6.07, 6.45) is 6.97. The molecular weight excluding hydrogens is 224 g/mol. The predicted molar refractivity (Wildman–Crippen MR) is 78.4 cm³/mol. The fraction of sp³-hybridized carbons (Fsp3) is 0.933. The fourth-order valence-corrected chi connectivity index (χ4v) is 1.84. The molecule has 0 radical (unpaired) electrons. The van der Waals surface area contributed by atoms with Crippen LogP contribution in [0.5, 0.6) is 0 Å². The molecule has 108 valence electrons. The summed E-state index contributed by atoms with van der Waals surface area (Å²) in [6.45, 7) is 9.68. The van der Waals surface area contributed by atoms with E-state index in [0.29, 0.717) is 6.54 Å². The van der Waals surface area contributed by atoms with Crippen molar-refractivity contribution in [3.8, 4) is 0 Å². The second-order valence-corrected chi connectivity index (χ2v) is 5.97. The van der Waals surface area contributed by atoms with Crippen LogP contribution in [-0.4, -0.2) is 19.0 Å². The van der Waals surface area contributed by atoms with Crippen molar-refractivity contribution in [2.75, 3.05) is 13.1 Å². The topological polar surface area (TPSA) is 55.1 Å². The first-order chi connectivity index (χ1) is 8.46. The van der Waals surface area contributed by atoms with Gasteiger partial charge in [-0.15, -0.1) is 0 Å². The molecule has 0 rings (SSSR count). The lowest BCUT2D eigenvalue weighted by Crippen LogP contribution is -2.43. The molecule has 0 bridgehead atoms. The van der Waals surface area contributed by atoms with Gasteiger partial charge < -0.3 is 11.1 Å². The van der Waals surface area contributed by atoms with Crippen LogP contribution in [0.15, 0.2) is 0 Å². The molecule has 0 aliphatic rings. The highest BCUT2D eigenvalue weighted by molar-refractivity contribution is 5.82. The molecule has 0 fully saturated rings. The van der Waals surface area contributed by atoms with Crippen LogP contribution in [-0.2, 0) is 4.79 Å². The third kappa shape index (κ3) is 7.00. The maximum atomic E-state index is 11.9. The number of carbonyl (C=O) groups is 1. The van der Waals surface area contributed by atoms with Gasteiger partial charge >= 0.3 is 0 Å². The monoisotopic (exact) mass is 256 g/mol. The van der Waals surface area contributed by atoms with E-state index < -0.39 is 5.41 Å². The zero-order valence-electron chi connectivity index (χ0n) is 12.7. The lowest BCUT2D eigenvalue weighted by molar-refractivity contribution is -0.129. The Morgan fingerprint density at radius 1 is 1.22 bits per heavy atom. The minimum atomic E-state index is -0.391. The summed E-state index contributed by atoms with van der Waals surface area (Å²) in [4.78, 5) is 11.9. The molecule has 1 amide bonds. The van der Waals surface area contributed by atoms with Crippen LogP contribution in [0.3, 0.4) is 0 Å². The summed E-state index contributed by atoms with van der Waals surface area (Å²) in [6, 6.07) is 0. The lowest BCUT2D eigenvalue weighted by Gasteiger charge is -2.24. The second-order valence-electron chi connectivity index (χ2n) is 5.97. The molecule has 0 aliphatic heterocycles. The molecule has 0 saturated heterocycles. The molecule has 3 N–H and O–H groups in total. The average Bonchev–Trinajstić information content (AvgIpc) is 2.35. The van der Waals surface area contributed by atoms with Gasteiger partial charge in [0, 0.05) is 13.1 Å². The molecule has 1 unspecified atom stereocenters. The lowest BCUT2D eigenvalue weighted by atomic mass is 9.86.